The van der Waals surface area contributed by atoms with Gasteiger partial charge in [-0.15, -0.1) is 11.3 Å². The first kappa shape index (κ1) is 31.0. The molecule has 0 saturated carbocycles. The molecule has 1 aliphatic rings. The highest BCUT2D eigenvalue weighted by Crippen LogP contribution is 2.20. The molecule has 8 heteroatoms. The summed E-state index contributed by atoms with van der Waals surface area (Å²) < 4.78 is 0. The molecule has 1 saturated heterocycles. The van der Waals surface area contributed by atoms with Crippen molar-refractivity contribution in [3.05, 3.63) is 53.8 Å². The number of pyridine rings is 1. The van der Waals surface area contributed by atoms with Gasteiger partial charge in [-0.1, -0.05) is 52.8 Å². The van der Waals surface area contributed by atoms with E-state index in [1.54, 1.807) is 36.6 Å². The SMILES string of the molecule is C=C/C=C(\C)c1csc(NC)n1.CC.CC(=O)N1CCN(c2ccc(C=O)nc2)CC1.CCC. The van der Waals surface area contributed by atoms with Crippen LogP contribution >= 0.6 is 11.3 Å². The fourth-order valence-electron chi connectivity index (χ4n) is 2.77. The minimum Gasteiger partial charge on any atom is -0.367 e. The first-order valence-corrected chi connectivity index (χ1v) is 12.6. The maximum absolute atomic E-state index is 11.2. The van der Waals surface area contributed by atoms with Gasteiger partial charge in [-0.05, 0) is 24.6 Å². The zero-order valence-corrected chi connectivity index (χ0v) is 22.6. The summed E-state index contributed by atoms with van der Waals surface area (Å²) in [7, 11) is 1.87. The molecule has 3 rings (SSSR count). The quantitative estimate of drug-likeness (QED) is 0.425. The topological polar surface area (TPSA) is 78.4 Å². The maximum Gasteiger partial charge on any atom is 0.219 e. The normalized spacial score (nSPS) is 12.6. The molecule has 1 fully saturated rings. The van der Waals surface area contributed by atoms with E-state index >= 15 is 0 Å². The van der Waals surface area contributed by atoms with Gasteiger partial charge < -0.3 is 15.1 Å². The van der Waals surface area contributed by atoms with Crippen molar-refractivity contribution >= 4 is 39.9 Å². The minimum atomic E-state index is 0.124. The molecule has 34 heavy (non-hydrogen) atoms. The Morgan fingerprint density at radius 1 is 1.18 bits per heavy atom. The molecule has 2 aromatic heterocycles. The standard InChI is InChI=1S/C12H15N3O2.C9H12N2S.C3H8.C2H6/c1-10(17)14-4-6-15(7-5-14)12-3-2-11(9-16)13-8-12;1-4-5-7(2)8-6-12-9(10-3)11-8;1-3-2;1-2/h2-3,8-9H,4-7H2,1H3;4-6H,1H2,2-3H3,(H,10,11);3H2,1-2H3;1-2H3/b;7-5+;;. The number of hydrogen-bond donors (Lipinski definition) is 1. The molecule has 0 aliphatic carbocycles. The molecule has 3 heterocycles. The molecule has 1 N–H and O–H groups in total. The number of amides is 1. The van der Waals surface area contributed by atoms with Crippen LogP contribution in [0.3, 0.4) is 0 Å². The van der Waals surface area contributed by atoms with Gasteiger partial charge in [0.25, 0.3) is 0 Å². The third kappa shape index (κ3) is 11.2. The van der Waals surface area contributed by atoms with Gasteiger partial charge in [0.05, 0.1) is 17.6 Å². The van der Waals surface area contributed by atoms with E-state index in [0.29, 0.717) is 5.69 Å². The van der Waals surface area contributed by atoms with Gasteiger partial charge in [-0.3, -0.25) is 14.6 Å². The van der Waals surface area contributed by atoms with E-state index in [-0.39, 0.29) is 5.91 Å². The van der Waals surface area contributed by atoms with Crippen molar-refractivity contribution in [1.82, 2.24) is 14.9 Å². The summed E-state index contributed by atoms with van der Waals surface area (Å²) in [6.07, 6.45) is 7.41. The molecule has 1 aliphatic heterocycles. The summed E-state index contributed by atoms with van der Waals surface area (Å²) in [4.78, 5) is 34.1. The van der Waals surface area contributed by atoms with E-state index in [1.165, 1.54) is 6.42 Å². The monoisotopic (exact) mass is 487 g/mol. The van der Waals surface area contributed by atoms with Crippen molar-refractivity contribution in [3.8, 4) is 0 Å². The molecule has 0 bridgehead atoms. The van der Waals surface area contributed by atoms with Crippen LogP contribution in [0.15, 0.2) is 42.4 Å². The smallest absolute Gasteiger partial charge is 0.219 e. The van der Waals surface area contributed by atoms with Crippen LogP contribution in [0.1, 0.15) is 64.1 Å². The maximum atomic E-state index is 11.2. The van der Waals surface area contributed by atoms with Crippen molar-refractivity contribution in [2.24, 2.45) is 0 Å². The molecule has 7 nitrogen and oxygen atoms in total. The van der Waals surface area contributed by atoms with Gasteiger partial charge >= 0.3 is 0 Å². The average Bonchev–Trinajstić information content (AvgIpc) is 3.36. The predicted molar refractivity (Wildman–Crippen MR) is 147 cm³/mol. The van der Waals surface area contributed by atoms with Gasteiger partial charge in [-0.2, -0.15) is 0 Å². The molecular weight excluding hydrogens is 446 g/mol. The number of rotatable bonds is 5. The van der Waals surface area contributed by atoms with Gasteiger partial charge in [0, 0.05) is 45.5 Å². The molecule has 188 valence electrons. The molecule has 0 aromatic carbocycles. The minimum absolute atomic E-state index is 0.124. The van der Waals surface area contributed by atoms with Crippen LogP contribution in [0.5, 0.6) is 0 Å². The lowest BCUT2D eigenvalue weighted by Crippen LogP contribution is -2.48. The fraction of sp³-hybridized carbons (Fsp3) is 0.462. The number of nitrogens with zero attached hydrogens (tertiary/aromatic N) is 4. The van der Waals surface area contributed by atoms with Crippen LogP contribution in [0.4, 0.5) is 10.8 Å². The number of aldehydes is 1. The second-order valence-electron chi connectivity index (χ2n) is 7.13. The lowest BCUT2D eigenvalue weighted by molar-refractivity contribution is -0.129. The van der Waals surface area contributed by atoms with Crippen LogP contribution in [-0.4, -0.2) is 60.3 Å². The largest absolute Gasteiger partial charge is 0.367 e. The lowest BCUT2D eigenvalue weighted by Gasteiger charge is -2.35. The van der Waals surface area contributed by atoms with Gasteiger partial charge in [0.2, 0.25) is 5.91 Å². The summed E-state index contributed by atoms with van der Waals surface area (Å²) in [6.45, 7) is 18.6. The number of carbonyl (C=O) groups excluding carboxylic acids is 2. The highest BCUT2D eigenvalue weighted by Gasteiger charge is 2.18. The Bertz CT molecular complexity index is 870. The molecular formula is C26H41N5O2S. The number of piperazine rings is 1. The molecule has 2 aromatic rings. The van der Waals surface area contributed by atoms with E-state index in [1.807, 2.05) is 50.2 Å². The van der Waals surface area contributed by atoms with Crippen LogP contribution in [0.25, 0.3) is 5.57 Å². The van der Waals surface area contributed by atoms with Gasteiger partial charge in [0.15, 0.2) is 11.4 Å². The number of allylic oxidation sites excluding steroid dienone is 3. The highest BCUT2D eigenvalue weighted by molar-refractivity contribution is 7.13. The lowest BCUT2D eigenvalue weighted by atomic mass is 10.2. The zero-order chi connectivity index (χ0) is 25.9. The van der Waals surface area contributed by atoms with E-state index in [9.17, 15) is 9.59 Å². The molecule has 1 amide bonds. The van der Waals surface area contributed by atoms with E-state index in [2.05, 4.69) is 40.6 Å². The van der Waals surface area contributed by atoms with Crippen LogP contribution in [0.2, 0.25) is 0 Å². The van der Waals surface area contributed by atoms with Crippen molar-refractivity contribution in [3.63, 3.8) is 0 Å². The number of aromatic nitrogens is 2. The first-order chi connectivity index (χ1) is 16.4. The molecule has 0 atom stereocenters. The summed E-state index contributed by atoms with van der Waals surface area (Å²) in [5.41, 5.74) is 3.60. The van der Waals surface area contributed by atoms with E-state index in [4.69, 9.17) is 0 Å². The van der Waals surface area contributed by atoms with Crippen molar-refractivity contribution in [2.45, 2.75) is 48.0 Å². The second-order valence-corrected chi connectivity index (χ2v) is 7.99. The van der Waals surface area contributed by atoms with Crippen LogP contribution in [-0.2, 0) is 4.79 Å². The molecule has 0 unspecified atom stereocenters. The Morgan fingerprint density at radius 2 is 1.79 bits per heavy atom. The summed E-state index contributed by atoms with van der Waals surface area (Å²) in [6, 6.07) is 3.60. The fourth-order valence-corrected chi connectivity index (χ4v) is 3.50. The number of nitrogens with one attached hydrogen (secondary N) is 1. The van der Waals surface area contributed by atoms with Crippen molar-refractivity contribution < 1.29 is 9.59 Å². The Hall–Kier alpha value is -3.00. The van der Waals surface area contributed by atoms with Crippen molar-refractivity contribution in [1.29, 1.82) is 0 Å². The Morgan fingerprint density at radius 3 is 2.21 bits per heavy atom. The van der Waals surface area contributed by atoms with Crippen molar-refractivity contribution in [2.75, 3.05) is 43.4 Å². The summed E-state index contributed by atoms with van der Waals surface area (Å²) >= 11 is 1.61. The Kier molecular flexibility index (Phi) is 16.8. The molecule has 0 radical (unpaired) electrons. The van der Waals surface area contributed by atoms with E-state index in [0.717, 1.165) is 54.6 Å². The Balaban J connectivity index is 0.000000561. The number of carbonyl (C=O) groups is 2. The second kappa shape index (κ2) is 18.4. The summed E-state index contributed by atoms with van der Waals surface area (Å²) in [5.74, 6) is 0.124. The summed E-state index contributed by atoms with van der Waals surface area (Å²) in [5, 5.41) is 5.97. The van der Waals surface area contributed by atoms with Crippen LogP contribution in [0, 0.1) is 0 Å². The average molecular weight is 488 g/mol. The zero-order valence-electron chi connectivity index (χ0n) is 21.8. The van der Waals surface area contributed by atoms with Gasteiger partial charge in [-0.25, -0.2) is 4.98 Å². The third-order valence-corrected chi connectivity index (χ3v) is 5.33. The van der Waals surface area contributed by atoms with Crippen LogP contribution < -0.4 is 10.2 Å². The first-order valence-electron chi connectivity index (χ1n) is 11.7. The number of hydrogen-bond acceptors (Lipinski definition) is 7. The molecule has 0 spiro atoms. The Labute approximate surface area is 209 Å². The predicted octanol–water partition coefficient (Wildman–Crippen LogP) is 5.78. The number of anilines is 2. The number of thiazole rings is 1. The van der Waals surface area contributed by atoms with E-state index < -0.39 is 0 Å². The highest BCUT2D eigenvalue weighted by atomic mass is 32.1. The third-order valence-electron chi connectivity index (χ3n) is 4.47. The van der Waals surface area contributed by atoms with Gasteiger partial charge in [0.1, 0.15) is 5.69 Å².